The Labute approximate surface area is 160 Å². The average molecular weight is 397 g/mol. The predicted molar refractivity (Wildman–Crippen MR) is 102 cm³/mol. The maximum Gasteiger partial charge on any atom is 0.311 e. The van der Waals surface area contributed by atoms with Gasteiger partial charge in [-0.05, 0) is 49.9 Å². The van der Waals surface area contributed by atoms with E-state index < -0.39 is 21.4 Å². The molecule has 1 aromatic rings. The molecule has 1 amide bonds. The first-order valence-corrected chi connectivity index (χ1v) is 10.7. The molecule has 0 radical (unpaired) electrons. The maximum atomic E-state index is 12.7. The van der Waals surface area contributed by atoms with Gasteiger partial charge >= 0.3 is 5.97 Å². The Morgan fingerprint density at radius 1 is 1.22 bits per heavy atom. The lowest BCUT2D eigenvalue weighted by Crippen LogP contribution is -2.40. The highest BCUT2D eigenvalue weighted by Gasteiger charge is 2.48. The van der Waals surface area contributed by atoms with Gasteiger partial charge < -0.3 is 10.0 Å². The lowest BCUT2D eigenvalue weighted by atomic mass is 9.76. The number of hydrogen-bond donors (Lipinski definition) is 2. The summed E-state index contributed by atoms with van der Waals surface area (Å²) in [6, 6.07) is 5.58. The number of carboxylic acid groups (broad SMARTS) is 1. The normalized spacial score (nSPS) is 21.4. The van der Waals surface area contributed by atoms with E-state index in [-0.39, 0.29) is 29.3 Å². The number of sulfonamides is 1. The van der Waals surface area contributed by atoms with Gasteiger partial charge in [0.05, 0.1) is 10.3 Å². The standard InChI is InChI=1S/C19H28N2O5S/c1-5-14(4)20-27(25,26)16-8-6-15(7-9-16)17(22)21-11-10-19(12-21,13(2)3)18(23)24/h6-9,13-14,20H,5,10-12H2,1-4H3,(H,23,24). The molecule has 1 aliphatic rings. The molecular weight excluding hydrogens is 368 g/mol. The van der Waals surface area contributed by atoms with Crippen LogP contribution in [0.5, 0.6) is 0 Å². The Hall–Kier alpha value is -1.93. The Morgan fingerprint density at radius 2 is 1.81 bits per heavy atom. The van der Waals surface area contributed by atoms with Crippen molar-refractivity contribution in [2.75, 3.05) is 13.1 Å². The summed E-state index contributed by atoms with van der Waals surface area (Å²) in [5, 5.41) is 9.61. The molecule has 2 unspecified atom stereocenters. The lowest BCUT2D eigenvalue weighted by Gasteiger charge is -2.28. The predicted octanol–water partition coefficient (Wildman–Crippen LogP) is 2.34. The third-order valence-corrected chi connectivity index (χ3v) is 7.10. The SMILES string of the molecule is CCC(C)NS(=O)(=O)c1ccc(C(=O)N2CCC(C(=O)O)(C(C)C)C2)cc1. The molecule has 0 aliphatic carbocycles. The second-order valence-corrected chi connectivity index (χ2v) is 9.26. The van der Waals surface area contributed by atoms with Crippen LogP contribution in [0.3, 0.4) is 0 Å². The molecule has 0 aromatic heterocycles. The van der Waals surface area contributed by atoms with Gasteiger partial charge in [0.1, 0.15) is 0 Å². The quantitative estimate of drug-likeness (QED) is 0.736. The van der Waals surface area contributed by atoms with E-state index in [1.165, 1.54) is 29.2 Å². The van der Waals surface area contributed by atoms with E-state index in [2.05, 4.69) is 4.72 Å². The average Bonchev–Trinajstić information content (AvgIpc) is 3.07. The van der Waals surface area contributed by atoms with Crippen LogP contribution >= 0.6 is 0 Å². The van der Waals surface area contributed by atoms with Crippen molar-refractivity contribution in [1.82, 2.24) is 9.62 Å². The minimum atomic E-state index is -3.63. The molecule has 1 aliphatic heterocycles. The molecule has 8 heteroatoms. The van der Waals surface area contributed by atoms with E-state index >= 15 is 0 Å². The van der Waals surface area contributed by atoms with Gasteiger partial charge in [-0.2, -0.15) is 0 Å². The van der Waals surface area contributed by atoms with Gasteiger partial charge in [-0.3, -0.25) is 9.59 Å². The molecule has 0 bridgehead atoms. The van der Waals surface area contributed by atoms with Crippen molar-refractivity contribution in [2.24, 2.45) is 11.3 Å². The topological polar surface area (TPSA) is 104 Å². The van der Waals surface area contributed by atoms with Crippen molar-refractivity contribution < 1.29 is 23.1 Å². The van der Waals surface area contributed by atoms with Crippen LogP contribution in [0.1, 0.15) is 50.9 Å². The monoisotopic (exact) mass is 396 g/mol. The van der Waals surface area contributed by atoms with Crippen molar-refractivity contribution in [2.45, 2.75) is 51.5 Å². The Balaban J connectivity index is 2.16. The third-order valence-electron chi connectivity index (χ3n) is 5.50. The zero-order valence-electron chi connectivity index (χ0n) is 16.2. The van der Waals surface area contributed by atoms with Gasteiger partial charge in [0.15, 0.2) is 0 Å². The molecule has 1 fully saturated rings. The highest BCUT2D eigenvalue weighted by atomic mass is 32.2. The van der Waals surface area contributed by atoms with Crippen LogP contribution in [-0.4, -0.2) is 49.4 Å². The van der Waals surface area contributed by atoms with Crippen LogP contribution in [0.25, 0.3) is 0 Å². The Morgan fingerprint density at radius 3 is 2.26 bits per heavy atom. The summed E-state index contributed by atoms with van der Waals surface area (Å²) in [7, 11) is -3.63. The highest BCUT2D eigenvalue weighted by Crippen LogP contribution is 2.38. The van der Waals surface area contributed by atoms with Crippen LogP contribution in [0.15, 0.2) is 29.2 Å². The zero-order valence-corrected chi connectivity index (χ0v) is 17.0. The molecule has 150 valence electrons. The Bertz CT molecular complexity index is 804. The number of amides is 1. The van der Waals surface area contributed by atoms with Gasteiger partial charge in [-0.25, -0.2) is 13.1 Å². The molecule has 1 aromatic carbocycles. The highest BCUT2D eigenvalue weighted by molar-refractivity contribution is 7.89. The zero-order chi connectivity index (χ0) is 20.4. The molecule has 2 rings (SSSR count). The van der Waals surface area contributed by atoms with Crippen LogP contribution in [0, 0.1) is 11.3 Å². The van der Waals surface area contributed by atoms with Crippen molar-refractivity contribution in [3.05, 3.63) is 29.8 Å². The largest absolute Gasteiger partial charge is 0.481 e. The maximum absolute atomic E-state index is 12.7. The smallest absolute Gasteiger partial charge is 0.311 e. The van der Waals surface area contributed by atoms with Crippen molar-refractivity contribution in [1.29, 1.82) is 0 Å². The number of nitrogens with zero attached hydrogens (tertiary/aromatic N) is 1. The fourth-order valence-corrected chi connectivity index (χ4v) is 4.60. The number of aliphatic carboxylic acids is 1. The van der Waals surface area contributed by atoms with E-state index in [1.54, 1.807) is 6.92 Å². The minimum absolute atomic E-state index is 0.0908. The van der Waals surface area contributed by atoms with Crippen molar-refractivity contribution in [3.8, 4) is 0 Å². The van der Waals surface area contributed by atoms with Crippen LogP contribution in [-0.2, 0) is 14.8 Å². The molecule has 0 spiro atoms. The summed E-state index contributed by atoms with van der Waals surface area (Å²) in [5.74, 6) is -1.25. The molecule has 7 nitrogen and oxygen atoms in total. The second kappa shape index (κ2) is 7.98. The molecule has 27 heavy (non-hydrogen) atoms. The number of carbonyl (C=O) groups is 2. The first-order chi connectivity index (χ1) is 12.5. The van der Waals surface area contributed by atoms with Crippen molar-refractivity contribution >= 4 is 21.9 Å². The number of carboxylic acids is 1. The summed E-state index contributed by atoms with van der Waals surface area (Å²) in [6.07, 6.45) is 1.09. The molecule has 0 saturated carbocycles. The van der Waals surface area contributed by atoms with E-state index in [1.807, 2.05) is 20.8 Å². The molecule has 2 N–H and O–H groups in total. The van der Waals surface area contributed by atoms with Gasteiger partial charge in [-0.15, -0.1) is 0 Å². The summed E-state index contributed by atoms with van der Waals surface area (Å²) in [6.45, 7) is 7.91. The van der Waals surface area contributed by atoms with E-state index in [0.717, 1.165) is 0 Å². The van der Waals surface area contributed by atoms with E-state index in [9.17, 15) is 23.1 Å². The lowest BCUT2D eigenvalue weighted by molar-refractivity contribution is -0.150. The molecule has 1 heterocycles. The number of likely N-dealkylation sites (tertiary alicyclic amines) is 1. The summed E-state index contributed by atoms with van der Waals surface area (Å²) in [4.78, 5) is 26.1. The van der Waals surface area contributed by atoms with E-state index in [0.29, 0.717) is 24.9 Å². The van der Waals surface area contributed by atoms with Gasteiger partial charge in [0, 0.05) is 24.7 Å². The molecular formula is C19H28N2O5S. The second-order valence-electron chi connectivity index (χ2n) is 7.55. The molecule has 1 saturated heterocycles. The summed E-state index contributed by atoms with van der Waals surface area (Å²) >= 11 is 0. The Kier molecular flexibility index (Phi) is 6.32. The number of benzene rings is 1. The van der Waals surface area contributed by atoms with Crippen LogP contribution in [0.2, 0.25) is 0 Å². The van der Waals surface area contributed by atoms with Crippen LogP contribution < -0.4 is 4.72 Å². The first kappa shape index (κ1) is 21.4. The minimum Gasteiger partial charge on any atom is -0.481 e. The fourth-order valence-electron chi connectivity index (χ4n) is 3.27. The van der Waals surface area contributed by atoms with Crippen molar-refractivity contribution in [3.63, 3.8) is 0 Å². The summed E-state index contributed by atoms with van der Waals surface area (Å²) < 4.78 is 27.2. The number of hydrogen-bond acceptors (Lipinski definition) is 4. The third kappa shape index (κ3) is 4.32. The first-order valence-electron chi connectivity index (χ1n) is 9.18. The van der Waals surface area contributed by atoms with Crippen LogP contribution in [0.4, 0.5) is 0 Å². The fraction of sp³-hybridized carbons (Fsp3) is 0.579. The van der Waals surface area contributed by atoms with Gasteiger partial charge in [0.25, 0.3) is 5.91 Å². The van der Waals surface area contributed by atoms with Gasteiger partial charge in [0.2, 0.25) is 10.0 Å². The molecule has 2 atom stereocenters. The van der Waals surface area contributed by atoms with Gasteiger partial charge in [-0.1, -0.05) is 20.8 Å². The number of nitrogens with one attached hydrogen (secondary N) is 1. The van der Waals surface area contributed by atoms with E-state index in [4.69, 9.17) is 0 Å². The number of carbonyl (C=O) groups excluding carboxylic acids is 1. The summed E-state index contributed by atoms with van der Waals surface area (Å²) in [5.41, 5.74) is -0.582. The number of rotatable bonds is 7.